The van der Waals surface area contributed by atoms with Crippen LogP contribution in [0.15, 0.2) is 30.6 Å². The van der Waals surface area contributed by atoms with E-state index in [2.05, 4.69) is 10.1 Å². The van der Waals surface area contributed by atoms with E-state index in [-0.39, 0.29) is 6.07 Å². The van der Waals surface area contributed by atoms with Crippen molar-refractivity contribution in [2.75, 3.05) is 13.2 Å². The Morgan fingerprint density at radius 1 is 0.970 bits per heavy atom. The molecule has 178 valence electrons. The molecule has 0 aliphatic heterocycles. The number of hydrogen-bond acceptors (Lipinski definition) is 6. The first kappa shape index (κ1) is 25.3. The summed E-state index contributed by atoms with van der Waals surface area (Å²) in [5.74, 6) is -3.01. The van der Waals surface area contributed by atoms with Crippen LogP contribution in [0.2, 0.25) is 0 Å². The molecule has 0 bridgehead atoms. The van der Waals surface area contributed by atoms with Crippen LogP contribution in [-0.2, 0) is 26.7 Å². The average molecular weight is 480 g/mol. The van der Waals surface area contributed by atoms with Gasteiger partial charge in [0.05, 0.1) is 17.7 Å². The molecule has 0 radical (unpaired) electrons. The first-order valence-electron chi connectivity index (χ1n) is 8.65. The van der Waals surface area contributed by atoms with Crippen LogP contribution >= 0.6 is 0 Å². The van der Waals surface area contributed by atoms with E-state index in [1.165, 1.54) is 0 Å². The number of nitrogens with zero attached hydrogens (tertiary/aromatic N) is 3. The number of rotatable bonds is 6. The van der Waals surface area contributed by atoms with Crippen LogP contribution in [0, 0.1) is 0 Å². The highest BCUT2D eigenvalue weighted by Crippen LogP contribution is 2.37. The van der Waals surface area contributed by atoms with Crippen LogP contribution < -0.4 is 16.2 Å². The molecule has 0 fully saturated rings. The van der Waals surface area contributed by atoms with Gasteiger partial charge >= 0.3 is 12.4 Å². The average Bonchev–Trinajstić information content (AvgIpc) is 3.22. The summed E-state index contributed by atoms with van der Waals surface area (Å²) < 4.78 is 78.7. The van der Waals surface area contributed by atoms with E-state index in [4.69, 9.17) is 5.11 Å². The maximum Gasteiger partial charge on any atom is 0.416 e. The minimum atomic E-state index is -5.04. The lowest BCUT2D eigenvalue weighted by atomic mass is 10.0. The second-order valence-corrected chi connectivity index (χ2v) is 6.13. The number of aromatic nitrogens is 3. The number of benzene rings is 1. The third-order valence-corrected chi connectivity index (χ3v) is 3.65. The summed E-state index contributed by atoms with van der Waals surface area (Å²) in [6.07, 6.45) is -7.37. The molecule has 0 aliphatic carbocycles. The lowest BCUT2D eigenvalue weighted by Crippen LogP contribution is -2.46. The van der Waals surface area contributed by atoms with Crippen LogP contribution in [0.4, 0.5) is 26.3 Å². The molecule has 1 aromatic carbocycles. The maximum absolute atomic E-state index is 13.0. The first-order valence-corrected chi connectivity index (χ1v) is 8.65. The first-order chi connectivity index (χ1) is 15.3. The van der Waals surface area contributed by atoms with Gasteiger partial charge in [-0.2, -0.15) is 26.3 Å². The molecule has 0 unspecified atom stereocenters. The van der Waals surface area contributed by atoms with Crippen molar-refractivity contribution in [3.8, 4) is 11.4 Å². The molecular formula is C17H14F6N6O4. The van der Waals surface area contributed by atoms with E-state index < -0.39 is 65.7 Å². The largest absolute Gasteiger partial charge is 0.416 e. The summed E-state index contributed by atoms with van der Waals surface area (Å²) in [5.41, 5.74) is 0.231. The molecule has 16 heteroatoms. The fourth-order valence-electron chi connectivity index (χ4n) is 2.16. The van der Waals surface area contributed by atoms with Gasteiger partial charge in [0.2, 0.25) is 5.91 Å². The highest BCUT2D eigenvalue weighted by Gasteiger charge is 2.37. The van der Waals surface area contributed by atoms with Gasteiger partial charge in [-0.15, -0.1) is 5.10 Å². The summed E-state index contributed by atoms with van der Waals surface area (Å²) in [7, 11) is 0. The quantitative estimate of drug-likeness (QED) is 0.273. The molecular weight excluding hydrogens is 466 g/mol. The van der Waals surface area contributed by atoms with E-state index in [0.29, 0.717) is 12.1 Å². The van der Waals surface area contributed by atoms with Crippen LogP contribution in [0.3, 0.4) is 0 Å². The highest BCUT2D eigenvalue weighted by molar-refractivity contribution is 5.92. The number of amides is 3. The lowest BCUT2D eigenvalue weighted by Gasteiger charge is -2.13. The number of carbonyl (C=O) groups excluding carboxylic acids is 3. The third-order valence-electron chi connectivity index (χ3n) is 3.65. The summed E-state index contributed by atoms with van der Waals surface area (Å²) >= 11 is 0. The molecule has 3 amide bonds. The smallest absolute Gasteiger partial charge is 0.387 e. The van der Waals surface area contributed by atoms with Gasteiger partial charge in [-0.1, -0.05) is 0 Å². The molecule has 0 spiro atoms. The maximum atomic E-state index is 13.0. The van der Waals surface area contributed by atoms with Gasteiger partial charge < -0.3 is 10.4 Å². The van der Waals surface area contributed by atoms with E-state index in [1.54, 1.807) is 0 Å². The molecule has 1 aromatic heterocycles. The van der Waals surface area contributed by atoms with Gasteiger partial charge in [0.1, 0.15) is 12.9 Å². The predicted octanol–water partition coefficient (Wildman–Crippen LogP) is 0.709. The molecule has 0 atom stereocenters. The Morgan fingerprint density at radius 2 is 1.58 bits per heavy atom. The van der Waals surface area contributed by atoms with E-state index in [0.717, 1.165) is 23.3 Å². The Bertz CT molecular complexity index is 1030. The van der Waals surface area contributed by atoms with Crippen molar-refractivity contribution >= 4 is 23.9 Å². The Labute approximate surface area is 180 Å². The van der Waals surface area contributed by atoms with E-state index in [9.17, 15) is 40.7 Å². The number of hydrazine groups is 1. The lowest BCUT2D eigenvalue weighted by molar-refractivity contribution is -0.143. The zero-order valence-electron chi connectivity index (χ0n) is 16.2. The molecule has 1 heterocycles. The molecule has 2 rings (SSSR count). The number of aliphatic hydroxyl groups excluding tert-OH is 1. The van der Waals surface area contributed by atoms with Gasteiger partial charge in [-0.3, -0.25) is 25.2 Å². The standard InChI is InChI=1S/C17H14F6N6O4/c18-16(19,20)10-3-9(4-11(5-10)17(21,22)23)15-25-8-29(28-15)2-1-12(31)26-27-13(32)6-24-14(33)7-30/h1-5,8,30H,6-7H2,(H,24,33)(H,26,31)(H,27,32). The zero-order valence-corrected chi connectivity index (χ0v) is 16.2. The van der Waals surface area contributed by atoms with Gasteiger partial charge in [-0.05, 0) is 18.2 Å². The number of carbonyl (C=O) groups is 3. The van der Waals surface area contributed by atoms with Crippen molar-refractivity contribution in [2.24, 2.45) is 0 Å². The highest BCUT2D eigenvalue weighted by atomic mass is 19.4. The number of aliphatic hydroxyl groups is 1. The number of nitrogens with one attached hydrogen (secondary N) is 3. The normalized spacial score (nSPS) is 12.0. The molecule has 2 aromatic rings. The molecule has 0 saturated carbocycles. The number of hydrogen-bond donors (Lipinski definition) is 4. The third kappa shape index (κ3) is 7.60. The van der Waals surface area contributed by atoms with Crippen molar-refractivity contribution in [3.05, 3.63) is 41.7 Å². The van der Waals surface area contributed by atoms with Gasteiger partial charge in [0.25, 0.3) is 11.8 Å². The van der Waals surface area contributed by atoms with Gasteiger partial charge in [-0.25, -0.2) is 9.67 Å². The topological polar surface area (TPSA) is 138 Å². The Kier molecular flexibility index (Phi) is 7.76. The van der Waals surface area contributed by atoms with E-state index >= 15 is 0 Å². The van der Waals surface area contributed by atoms with Gasteiger partial charge in [0, 0.05) is 17.8 Å². The van der Waals surface area contributed by atoms with Crippen LogP contribution in [0.5, 0.6) is 0 Å². The van der Waals surface area contributed by atoms with Crippen LogP contribution in [0.1, 0.15) is 11.1 Å². The zero-order chi connectivity index (χ0) is 24.8. The number of alkyl halides is 6. The van der Waals surface area contributed by atoms with Crippen LogP contribution in [0.25, 0.3) is 17.6 Å². The van der Waals surface area contributed by atoms with Crippen molar-refractivity contribution in [2.45, 2.75) is 12.4 Å². The van der Waals surface area contributed by atoms with Gasteiger partial charge in [0.15, 0.2) is 5.82 Å². The monoisotopic (exact) mass is 480 g/mol. The minimum Gasteiger partial charge on any atom is -0.387 e. The molecule has 0 saturated heterocycles. The summed E-state index contributed by atoms with van der Waals surface area (Å²) in [4.78, 5) is 37.4. The minimum absolute atomic E-state index is 0.0335. The summed E-state index contributed by atoms with van der Waals surface area (Å²) in [6.45, 7) is -1.37. The Balaban J connectivity index is 2.09. The molecule has 33 heavy (non-hydrogen) atoms. The molecule has 4 N–H and O–H groups in total. The molecule has 0 aliphatic rings. The summed E-state index contributed by atoms with van der Waals surface area (Å²) in [5, 5.41) is 14.2. The molecule has 10 nitrogen and oxygen atoms in total. The number of halogens is 6. The summed E-state index contributed by atoms with van der Waals surface area (Å²) in [6, 6.07) is 0.876. The van der Waals surface area contributed by atoms with E-state index in [1.807, 2.05) is 16.2 Å². The predicted molar refractivity (Wildman–Crippen MR) is 97.2 cm³/mol. The Morgan fingerprint density at radius 3 is 2.12 bits per heavy atom. The SMILES string of the molecule is O=C(C=Cn1cnc(-c2cc(C(F)(F)F)cc(C(F)(F)F)c2)n1)NNC(=O)CNC(=O)CO. The second kappa shape index (κ2) is 10.1. The Hall–Kier alpha value is -3.95. The fraction of sp³-hybridized carbons (Fsp3) is 0.235. The fourth-order valence-corrected chi connectivity index (χ4v) is 2.16. The van der Waals surface area contributed by atoms with Crippen molar-refractivity contribution in [1.29, 1.82) is 0 Å². The van der Waals surface area contributed by atoms with Crippen LogP contribution in [-0.4, -0.2) is 50.7 Å². The van der Waals surface area contributed by atoms with Crippen molar-refractivity contribution < 1.29 is 45.8 Å². The van der Waals surface area contributed by atoms with Crippen molar-refractivity contribution in [1.82, 2.24) is 30.9 Å². The second-order valence-electron chi connectivity index (χ2n) is 6.13. The van der Waals surface area contributed by atoms with Crippen molar-refractivity contribution in [3.63, 3.8) is 0 Å².